The summed E-state index contributed by atoms with van der Waals surface area (Å²) in [5.41, 5.74) is 0. The minimum atomic E-state index is -4.55. The molecule has 0 bridgehead atoms. The van der Waals surface area contributed by atoms with E-state index in [-0.39, 0.29) is 6.04 Å². The van der Waals surface area contributed by atoms with E-state index in [1.807, 2.05) is 6.92 Å². The molecule has 17 heavy (non-hydrogen) atoms. The van der Waals surface area contributed by atoms with Crippen LogP contribution >= 0.6 is 0 Å². The van der Waals surface area contributed by atoms with Crippen LogP contribution < -0.4 is 14.8 Å². The molecular weight excluding hydrogens is 259 g/mol. The fourth-order valence-electron chi connectivity index (χ4n) is 1.54. The first kappa shape index (κ1) is 14.7. The van der Waals surface area contributed by atoms with E-state index in [9.17, 15) is 21.6 Å². The molecule has 2 unspecified atom stereocenters. The van der Waals surface area contributed by atoms with Gasteiger partial charge in [-0.3, -0.25) is 0 Å². The van der Waals surface area contributed by atoms with Gasteiger partial charge < -0.3 is 5.32 Å². The lowest BCUT2D eigenvalue weighted by Gasteiger charge is -2.28. The Balaban J connectivity index is 2.39. The molecule has 0 aromatic rings. The van der Waals surface area contributed by atoms with Gasteiger partial charge in [0.2, 0.25) is 0 Å². The molecule has 0 aliphatic carbocycles. The zero-order valence-electron chi connectivity index (χ0n) is 9.34. The van der Waals surface area contributed by atoms with Crippen molar-refractivity contribution in [2.75, 3.05) is 13.1 Å². The van der Waals surface area contributed by atoms with Crippen LogP contribution in [0.3, 0.4) is 0 Å². The molecule has 0 spiro atoms. The van der Waals surface area contributed by atoms with Gasteiger partial charge in [0, 0.05) is 18.6 Å². The van der Waals surface area contributed by atoms with Crippen molar-refractivity contribution in [3.63, 3.8) is 0 Å². The predicted molar refractivity (Wildman–Crippen MR) is 56.6 cm³/mol. The molecule has 1 aliphatic rings. The fraction of sp³-hybridized carbons (Fsp3) is 1.00. The Morgan fingerprint density at radius 3 is 2.47 bits per heavy atom. The van der Waals surface area contributed by atoms with E-state index >= 15 is 0 Å². The fourth-order valence-corrected chi connectivity index (χ4v) is 2.61. The van der Waals surface area contributed by atoms with Crippen LogP contribution in [0.4, 0.5) is 13.2 Å². The molecule has 0 aromatic carbocycles. The molecule has 1 rings (SSSR count). The van der Waals surface area contributed by atoms with Gasteiger partial charge in [-0.1, -0.05) is 0 Å². The summed E-state index contributed by atoms with van der Waals surface area (Å²) in [5.74, 6) is 0. The summed E-state index contributed by atoms with van der Waals surface area (Å²) in [4.78, 5) is 0. The number of alkyl halides is 3. The maximum Gasteiger partial charge on any atom is 0.402 e. The number of nitrogens with one attached hydrogen (secondary N) is 3. The lowest BCUT2D eigenvalue weighted by molar-refractivity contribution is -0.121. The first-order valence-corrected chi connectivity index (χ1v) is 6.73. The van der Waals surface area contributed by atoms with E-state index in [2.05, 4.69) is 10.0 Å². The lowest BCUT2D eigenvalue weighted by atomic mass is 10.0. The van der Waals surface area contributed by atoms with Crippen LogP contribution in [0.2, 0.25) is 0 Å². The quantitative estimate of drug-likeness (QED) is 0.682. The highest BCUT2D eigenvalue weighted by molar-refractivity contribution is 7.87. The van der Waals surface area contributed by atoms with E-state index in [1.54, 1.807) is 0 Å². The van der Waals surface area contributed by atoms with Crippen LogP contribution in [-0.2, 0) is 10.2 Å². The molecule has 0 radical (unpaired) electrons. The monoisotopic (exact) mass is 275 g/mol. The molecule has 0 amide bonds. The van der Waals surface area contributed by atoms with Crippen LogP contribution in [0.25, 0.3) is 0 Å². The highest BCUT2D eigenvalue weighted by Crippen LogP contribution is 2.13. The second-order valence-corrected chi connectivity index (χ2v) is 5.67. The van der Waals surface area contributed by atoms with Crippen molar-refractivity contribution >= 4 is 10.2 Å². The maximum absolute atomic E-state index is 11.8. The number of hydrogen-bond acceptors (Lipinski definition) is 3. The summed E-state index contributed by atoms with van der Waals surface area (Å²) in [5, 5.41) is 3.05. The molecule has 5 nitrogen and oxygen atoms in total. The number of hydrogen-bond donors (Lipinski definition) is 3. The van der Waals surface area contributed by atoms with Gasteiger partial charge in [0.15, 0.2) is 0 Å². The number of halogens is 3. The number of rotatable bonds is 4. The summed E-state index contributed by atoms with van der Waals surface area (Å²) in [6, 6.07) is -0.0594. The Morgan fingerprint density at radius 1 is 1.35 bits per heavy atom. The molecule has 3 N–H and O–H groups in total. The summed E-state index contributed by atoms with van der Waals surface area (Å²) in [7, 11) is -4.09. The summed E-state index contributed by atoms with van der Waals surface area (Å²) in [6.45, 7) is 0.833. The van der Waals surface area contributed by atoms with E-state index in [4.69, 9.17) is 0 Å². The standard InChI is InChI=1S/C8H16F3N3O2S/c1-6-2-3-7(4-12-6)14-17(15,16)13-5-8(9,10)11/h6-7,12-14H,2-5H2,1H3. The molecule has 9 heteroatoms. The summed E-state index contributed by atoms with van der Waals surface area (Å²) >= 11 is 0. The lowest BCUT2D eigenvalue weighted by Crippen LogP contribution is -2.52. The first-order chi connectivity index (χ1) is 7.68. The van der Waals surface area contributed by atoms with Gasteiger partial charge in [0.25, 0.3) is 10.2 Å². The SMILES string of the molecule is CC1CCC(NS(=O)(=O)NCC(F)(F)F)CN1. The van der Waals surface area contributed by atoms with Crippen LogP contribution in [0.1, 0.15) is 19.8 Å². The average molecular weight is 275 g/mol. The molecule has 102 valence electrons. The summed E-state index contributed by atoms with van der Waals surface area (Å²) in [6.07, 6.45) is -3.15. The molecule has 1 saturated heterocycles. The summed E-state index contributed by atoms with van der Waals surface area (Å²) < 4.78 is 61.8. The van der Waals surface area contributed by atoms with E-state index in [0.29, 0.717) is 19.0 Å². The normalized spacial score (nSPS) is 27.1. The van der Waals surface area contributed by atoms with Gasteiger partial charge in [-0.25, -0.2) is 0 Å². The van der Waals surface area contributed by atoms with Crippen LogP contribution in [0, 0.1) is 0 Å². The Hall–Kier alpha value is -0.380. The smallest absolute Gasteiger partial charge is 0.313 e. The van der Waals surface area contributed by atoms with Gasteiger partial charge in [0.1, 0.15) is 6.54 Å². The number of piperidine rings is 1. The maximum atomic E-state index is 11.8. The molecule has 1 heterocycles. The van der Waals surface area contributed by atoms with Gasteiger partial charge in [-0.05, 0) is 19.8 Å². The minimum absolute atomic E-state index is 0.305. The zero-order chi connectivity index (χ0) is 13.1. The van der Waals surface area contributed by atoms with Crippen molar-refractivity contribution < 1.29 is 21.6 Å². The Morgan fingerprint density at radius 2 is 2.00 bits per heavy atom. The van der Waals surface area contributed by atoms with Crippen molar-refractivity contribution in [3.8, 4) is 0 Å². The van der Waals surface area contributed by atoms with E-state index < -0.39 is 22.9 Å². The van der Waals surface area contributed by atoms with E-state index in [0.717, 1.165) is 6.42 Å². The highest BCUT2D eigenvalue weighted by Gasteiger charge is 2.30. The third-order valence-electron chi connectivity index (χ3n) is 2.45. The van der Waals surface area contributed by atoms with Crippen molar-refractivity contribution in [2.45, 2.75) is 38.0 Å². The Labute approximate surface area is 98.3 Å². The molecule has 0 aromatic heterocycles. The third kappa shape index (κ3) is 6.20. The predicted octanol–water partition coefficient (Wildman–Crippen LogP) is 0.113. The van der Waals surface area contributed by atoms with E-state index in [1.165, 1.54) is 4.72 Å². The topological polar surface area (TPSA) is 70.2 Å². The molecule has 2 atom stereocenters. The van der Waals surface area contributed by atoms with Crippen LogP contribution in [0.15, 0.2) is 0 Å². The van der Waals surface area contributed by atoms with Gasteiger partial charge in [-0.2, -0.15) is 31.0 Å². The molecule has 1 fully saturated rings. The molecule has 1 aliphatic heterocycles. The minimum Gasteiger partial charge on any atom is -0.313 e. The zero-order valence-corrected chi connectivity index (χ0v) is 10.2. The van der Waals surface area contributed by atoms with Crippen molar-refractivity contribution in [3.05, 3.63) is 0 Å². The Bertz CT molecular complexity index is 336. The molecular formula is C8H16F3N3O2S. The second-order valence-electron chi connectivity index (χ2n) is 4.14. The first-order valence-electron chi connectivity index (χ1n) is 5.25. The van der Waals surface area contributed by atoms with Gasteiger partial charge in [-0.15, -0.1) is 0 Å². The van der Waals surface area contributed by atoms with Crippen molar-refractivity contribution in [1.29, 1.82) is 0 Å². The average Bonchev–Trinajstić information content (AvgIpc) is 2.18. The van der Waals surface area contributed by atoms with Gasteiger partial charge in [0.05, 0.1) is 0 Å². The second kappa shape index (κ2) is 5.51. The third-order valence-corrected chi connectivity index (χ3v) is 3.61. The Kier molecular flexibility index (Phi) is 4.76. The molecule has 0 saturated carbocycles. The van der Waals surface area contributed by atoms with Crippen molar-refractivity contribution in [1.82, 2.24) is 14.8 Å². The van der Waals surface area contributed by atoms with Gasteiger partial charge >= 0.3 is 6.18 Å². The van der Waals surface area contributed by atoms with Crippen LogP contribution in [-0.4, -0.2) is 39.8 Å². The van der Waals surface area contributed by atoms with Crippen LogP contribution in [0.5, 0.6) is 0 Å². The van der Waals surface area contributed by atoms with Crippen molar-refractivity contribution in [2.24, 2.45) is 0 Å². The highest BCUT2D eigenvalue weighted by atomic mass is 32.2. The largest absolute Gasteiger partial charge is 0.402 e.